The SMILES string of the molecule is Cc1c(C(=O)NC[C@@H]2CCCO2)c(C2CC2)nn1-c1ccc(F)cc1. The molecule has 0 bridgehead atoms. The number of nitrogens with zero attached hydrogens (tertiary/aromatic N) is 2. The first-order valence-corrected chi connectivity index (χ1v) is 8.88. The van der Waals surface area contributed by atoms with Gasteiger partial charge in [0.25, 0.3) is 5.91 Å². The van der Waals surface area contributed by atoms with Crippen LogP contribution in [-0.2, 0) is 4.74 Å². The van der Waals surface area contributed by atoms with Gasteiger partial charge in [0.1, 0.15) is 5.82 Å². The van der Waals surface area contributed by atoms with Crippen LogP contribution in [-0.4, -0.2) is 34.9 Å². The first-order chi connectivity index (χ1) is 12.1. The zero-order valence-electron chi connectivity index (χ0n) is 14.3. The summed E-state index contributed by atoms with van der Waals surface area (Å²) in [7, 11) is 0. The van der Waals surface area contributed by atoms with Crippen LogP contribution in [0.2, 0.25) is 0 Å². The monoisotopic (exact) mass is 343 g/mol. The molecule has 2 fully saturated rings. The van der Waals surface area contributed by atoms with Crippen LogP contribution in [0.15, 0.2) is 24.3 Å². The molecule has 0 radical (unpaired) electrons. The molecule has 1 aromatic heterocycles. The highest BCUT2D eigenvalue weighted by Gasteiger charge is 2.34. The second kappa shape index (κ2) is 6.59. The van der Waals surface area contributed by atoms with Gasteiger partial charge in [0.15, 0.2) is 0 Å². The van der Waals surface area contributed by atoms with Gasteiger partial charge in [-0.15, -0.1) is 0 Å². The predicted molar refractivity (Wildman–Crippen MR) is 91.5 cm³/mol. The number of rotatable bonds is 5. The molecule has 1 N–H and O–H groups in total. The van der Waals surface area contributed by atoms with Crippen molar-refractivity contribution in [2.75, 3.05) is 13.2 Å². The van der Waals surface area contributed by atoms with Crippen LogP contribution in [0.5, 0.6) is 0 Å². The van der Waals surface area contributed by atoms with Gasteiger partial charge in [-0.05, 0) is 56.9 Å². The van der Waals surface area contributed by atoms with E-state index in [4.69, 9.17) is 4.74 Å². The Labute approximate surface area is 146 Å². The minimum Gasteiger partial charge on any atom is -0.376 e. The fourth-order valence-electron chi connectivity index (χ4n) is 3.38. The largest absolute Gasteiger partial charge is 0.376 e. The van der Waals surface area contributed by atoms with Crippen LogP contribution in [0.25, 0.3) is 5.69 Å². The molecule has 2 aromatic rings. The van der Waals surface area contributed by atoms with Crippen molar-refractivity contribution in [1.82, 2.24) is 15.1 Å². The van der Waals surface area contributed by atoms with Crippen LogP contribution < -0.4 is 5.32 Å². The zero-order valence-corrected chi connectivity index (χ0v) is 14.3. The van der Waals surface area contributed by atoms with E-state index in [1.54, 1.807) is 16.8 Å². The van der Waals surface area contributed by atoms with E-state index in [-0.39, 0.29) is 17.8 Å². The Kier molecular flexibility index (Phi) is 4.29. The molecule has 4 rings (SSSR count). The van der Waals surface area contributed by atoms with Crippen molar-refractivity contribution in [3.05, 3.63) is 47.0 Å². The number of carbonyl (C=O) groups is 1. The van der Waals surface area contributed by atoms with Crippen molar-refractivity contribution in [3.63, 3.8) is 0 Å². The lowest BCUT2D eigenvalue weighted by Crippen LogP contribution is -2.32. The number of carbonyl (C=O) groups excluding carboxylic acids is 1. The summed E-state index contributed by atoms with van der Waals surface area (Å²) in [5.41, 5.74) is 3.06. The number of benzene rings is 1. The second-order valence-corrected chi connectivity index (χ2v) is 6.85. The Hall–Kier alpha value is -2.21. The lowest BCUT2D eigenvalue weighted by molar-refractivity contribution is 0.0856. The number of amides is 1. The molecule has 6 heteroatoms. The van der Waals surface area contributed by atoms with Crippen LogP contribution in [0.3, 0.4) is 0 Å². The maximum atomic E-state index is 13.2. The van der Waals surface area contributed by atoms with Crippen LogP contribution in [0, 0.1) is 12.7 Å². The third kappa shape index (κ3) is 3.31. The second-order valence-electron chi connectivity index (χ2n) is 6.85. The van der Waals surface area contributed by atoms with Gasteiger partial charge in [0.2, 0.25) is 0 Å². The molecule has 0 unspecified atom stereocenters. The Morgan fingerprint density at radius 3 is 2.72 bits per heavy atom. The Bertz CT molecular complexity index is 775. The van der Waals surface area contributed by atoms with Crippen molar-refractivity contribution >= 4 is 5.91 Å². The summed E-state index contributed by atoms with van der Waals surface area (Å²) in [6.07, 6.45) is 4.28. The lowest BCUT2D eigenvalue weighted by Gasteiger charge is -2.11. The van der Waals surface area contributed by atoms with Crippen molar-refractivity contribution < 1.29 is 13.9 Å². The van der Waals surface area contributed by atoms with E-state index in [2.05, 4.69) is 10.4 Å². The third-order valence-electron chi connectivity index (χ3n) is 4.92. The van der Waals surface area contributed by atoms with E-state index < -0.39 is 0 Å². The average Bonchev–Trinajstić information content (AvgIpc) is 3.21. The molecule has 2 heterocycles. The number of nitrogens with one attached hydrogen (secondary N) is 1. The Morgan fingerprint density at radius 2 is 2.08 bits per heavy atom. The number of aromatic nitrogens is 2. The summed E-state index contributed by atoms with van der Waals surface area (Å²) < 4.78 is 20.5. The highest BCUT2D eigenvalue weighted by molar-refractivity contribution is 5.97. The highest BCUT2D eigenvalue weighted by Crippen LogP contribution is 2.42. The minimum atomic E-state index is -0.287. The summed E-state index contributed by atoms with van der Waals surface area (Å²) >= 11 is 0. The normalized spacial score (nSPS) is 20.0. The molecule has 1 saturated carbocycles. The van der Waals surface area contributed by atoms with E-state index >= 15 is 0 Å². The van der Waals surface area contributed by atoms with E-state index in [1.165, 1.54) is 12.1 Å². The maximum absolute atomic E-state index is 13.2. The van der Waals surface area contributed by atoms with E-state index in [1.807, 2.05) is 6.92 Å². The molecule has 1 amide bonds. The maximum Gasteiger partial charge on any atom is 0.255 e. The molecule has 5 nitrogen and oxygen atoms in total. The van der Waals surface area contributed by atoms with E-state index in [9.17, 15) is 9.18 Å². The summed E-state index contributed by atoms with van der Waals surface area (Å²) in [6.45, 7) is 3.20. The van der Waals surface area contributed by atoms with Gasteiger partial charge >= 0.3 is 0 Å². The van der Waals surface area contributed by atoms with E-state index in [0.717, 1.165) is 49.4 Å². The summed E-state index contributed by atoms with van der Waals surface area (Å²) in [5, 5.41) is 7.68. The minimum absolute atomic E-state index is 0.0942. The quantitative estimate of drug-likeness (QED) is 0.907. The van der Waals surface area contributed by atoms with Gasteiger partial charge in [-0.2, -0.15) is 5.10 Å². The topological polar surface area (TPSA) is 56.1 Å². The van der Waals surface area contributed by atoms with Gasteiger partial charge in [0, 0.05) is 19.1 Å². The van der Waals surface area contributed by atoms with Crippen LogP contribution >= 0.6 is 0 Å². The van der Waals surface area contributed by atoms with Gasteiger partial charge in [0.05, 0.1) is 28.7 Å². The number of hydrogen-bond donors (Lipinski definition) is 1. The van der Waals surface area contributed by atoms with Crippen molar-refractivity contribution in [3.8, 4) is 5.69 Å². The molecule has 1 saturated heterocycles. The van der Waals surface area contributed by atoms with Crippen molar-refractivity contribution in [1.29, 1.82) is 0 Å². The molecule has 1 aromatic carbocycles. The molecule has 0 spiro atoms. The highest BCUT2D eigenvalue weighted by atomic mass is 19.1. The van der Waals surface area contributed by atoms with Crippen LogP contribution in [0.1, 0.15) is 53.3 Å². The van der Waals surface area contributed by atoms with Gasteiger partial charge in [-0.3, -0.25) is 4.79 Å². The third-order valence-corrected chi connectivity index (χ3v) is 4.92. The molecule has 132 valence electrons. The Morgan fingerprint density at radius 1 is 1.32 bits per heavy atom. The average molecular weight is 343 g/mol. The zero-order chi connectivity index (χ0) is 17.4. The molecular weight excluding hydrogens is 321 g/mol. The molecule has 1 aliphatic carbocycles. The van der Waals surface area contributed by atoms with Crippen molar-refractivity contribution in [2.24, 2.45) is 0 Å². The number of hydrogen-bond acceptors (Lipinski definition) is 3. The smallest absolute Gasteiger partial charge is 0.255 e. The van der Waals surface area contributed by atoms with Crippen molar-refractivity contribution in [2.45, 2.75) is 44.6 Å². The number of halogens is 1. The predicted octanol–water partition coefficient (Wildman–Crippen LogP) is 3.11. The molecule has 1 atom stereocenters. The fourth-order valence-corrected chi connectivity index (χ4v) is 3.38. The van der Waals surface area contributed by atoms with Gasteiger partial charge in [-0.25, -0.2) is 9.07 Å². The van der Waals surface area contributed by atoms with E-state index in [0.29, 0.717) is 18.0 Å². The lowest BCUT2D eigenvalue weighted by atomic mass is 10.1. The molecular formula is C19H22FN3O2. The van der Waals surface area contributed by atoms with Crippen LogP contribution in [0.4, 0.5) is 4.39 Å². The first kappa shape index (κ1) is 16.3. The summed E-state index contributed by atoms with van der Waals surface area (Å²) in [4.78, 5) is 12.8. The number of ether oxygens (including phenoxy) is 1. The fraction of sp³-hybridized carbons (Fsp3) is 0.474. The first-order valence-electron chi connectivity index (χ1n) is 8.88. The molecule has 25 heavy (non-hydrogen) atoms. The summed E-state index contributed by atoms with van der Waals surface area (Å²) in [5.74, 6) is -0.0300. The van der Waals surface area contributed by atoms with Gasteiger partial charge < -0.3 is 10.1 Å². The standard InChI is InChI=1S/C19H22FN3O2/c1-12-17(19(24)21-11-16-3-2-10-25-16)18(13-4-5-13)22-23(12)15-8-6-14(20)7-9-15/h6-9,13,16H,2-5,10-11H2,1H3,(H,21,24)/t16-/m0/s1. The summed E-state index contributed by atoms with van der Waals surface area (Å²) in [6, 6.07) is 6.18. The molecule has 1 aliphatic heterocycles. The Balaban J connectivity index is 1.61. The molecule has 2 aliphatic rings. The van der Waals surface area contributed by atoms with Gasteiger partial charge in [-0.1, -0.05) is 0 Å².